The molecule has 1 rings (SSSR count). The Morgan fingerprint density at radius 3 is 2.64 bits per heavy atom. The second kappa shape index (κ2) is 8.03. The molecule has 0 aliphatic carbocycles. The van der Waals surface area contributed by atoms with Crippen molar-refractivity contribution >= 4 is 29.4 Å². The number of aliphatic carboxylic acids is 1. The van der Waals surface area contributed by atoms with E-state index in [0.29, 0.717) is 4.90 Å². The van der Waals surface area contributed by atoms with Crippen molar-refractivity contribution in [1.29, 1.82) is 0 Å². The first kappa shape index (κ1) is 18.3. The number of thioether (sulfide) groups is 1. The molecule has 122 valence electrons. The summed E-state index contributed by atoms with van der Waals surface area (Å²) < 4.78 is 13.9. The number of amides is 2. The summed E-state index contributed by atoms with van der Waals surface area (Å²) in [7, 11) is 0. The van der Waals surface area contributed by atoms with Gasteiger partial charge in [-0.25, -0.2) is 9.18 Å². The number of carbonyl (C=O) groups is 2. The van der Waals surface area contributed by atoms with Crippen LogP contribution >= 0.6 is 11.8 Å². The summed E-state index contributed by atoms with van der Waals surface area (Å²) in [6.07, 6.45) is 0.230. The smallest absolute Gasteiger partial charge is 0.319 e. The molecule has 0 unspecified atom stereocenters. The minimum atomic E-state index is -0.925. The zero-order chi connectivity index (χ0) is 16.8. The van der Waals surface area contributed by atoms with Gasteiger partial charge in [0, 0.05) is 16.9 Å². The third-order valence-corrected chi connectivity index (χ3v) is 3.87. The number of hydrogen-bond acceptors (Lipinski definition) is 3. The number of carboxylic acid groups (broad SMARTS) is 1. The molecule has 0 spiro atoms. The van der Waals surface area contributed by atoms with E-state index in [2.05, 4.69) is 10.6 Å². The van der Waals surface area contributed by atoms with Crippen molar-refractivity contribution in [3.63, 3.8) is 0 Å². The van der Waals surface area contributed by atoms with Crippen LogP contribution in [-0.4, -0.2) is 28.4 Å². The van der Waals surface area contributed by atoms with E-state index in [-0.39, 0.29) is 18.5 Å². The van der Waals surface area contributed by atoms with Gasteiger partial charge in [-0.05, 0) is 38.2 Å². The minimum absolute atomic E-state index is 0.0517. The molecule has 22 heavy (non-hydrogen) atoms. The Balaban J connectivity index is 2.74. The number of benzene rings is 1. The standard InChI is InChI=1S/C15H21FN2O3S/c1-4-22-11-7-5-6-10(16)13(11)17-14(21)18-15(2,3)9-8-12(19)20/h5-7H,4,8-9H2,1-3H3,(H,19,20)(H2,17,18,21). The van der Waals surface area contributed by atoms with Gasteiger partial charge in [0.15, 0.2) is 0 Å². The lowest BCUT2D eigenvalue weighted by atomic mass is 9.99. The summed E-state index contributed by atoms with van der Waals surface area (Å²) in [5.74, 6) is -0.674. The average molecular weight is 328 g/mol. The van der Waals surface area contributed by atoms with Gasteiger partial charge in [0.05, 0.1) is 5.69 Å². The highest BCUT2D eigenvalue weighted by molar-refractivity contribution is 7.99. The van der Waals surface area contributed by atoms with Crippen molar-refractivity contribution in [2.75, 3.05) is 11.1 Å². The highest BCUT2D eigenvalue weighted by Gasteiger charge is 2.22. The lowest BCUT2D eigenvalue weighted by molar-refractivity contribution is -0.137. The van der Waals surface area contributed by atoms with Crippen molar-refractivity contribution < 1.29 is 19.1 Å². The number of nitrogens with one attached hydrogen (secondary N) is 2. The number of carboxylic acids is 1. The fourth-order valence-corrected chi connectivity index (χ4v) is 2.61. The van der Waals surface area contributed by atoms with E-state index in [9.17, 15) is 14.0 Å². The molecule has 0 aliphatic heterocycles. The van der Waals surface area contributed by atoms with Crippen LogP contribution in [0.2, 0.25) is 0 Å². The van der Waals surface area contributed by atoms with Gasteiger partial charge in [-0.15, -0.1) is 11.8 Å². The maximum atomic E-state index is 13.9. The molecule has 0 saturated carbocycles. The SMILES string of the molecule is CCSc1cccc(F)c1NC(=O)NC(C)(C)CCC(=O)O. The van der Waals surface area contributed by atoms with Gasteiger partial charge in [-0.1, -0.05) is 13.0 Å². The molecule has 0 bridgehead atoms. The van der Waals surface area contributed by atoms with Gasteiger partial charge in [0.25, 0.3) is 0 Å². The van der Waals surface area contributed by atoms with E-state index in [0.717, 1.165) is 5.75 Å². The van der Waals surface area contributed by atoms with E-state index >= 15 is 0 Å². The molecule has 0 atom stereocenters. The van der Waals surface area contributed by atoms with E-state index in [1.54, 1.807) is 26.0 Å². The summed E-state index contributed by atoms with van der Waals surface area (Å²) in [5, 5.41) is 13.9. The molecule has 0 saturated heterocycles. The van der Waals surface area contributed by atoms with Crippen molar-refractivity contribution in [2.45, 2.75) is 44.0 Å². The first-order valence-electron chi connectivity index (χ1n) is 6.97. The topological polar surface area (TPSA) is 78.4 Å². The molecule has 0 aliphatic rings. The number of para-hydroxylation sites is 1. The average Bonchev–Trinajstić information content (AvgIpc) is 2.40. The summed E-state index contributed by atoms with van der Waals surface area (Å²) in [6.45, 7) is 5.38. The summed E-state index contributed by atoms with van der Waals surface area (Å²) in [5.41, 5.74) is -0.563. The fourth-order valence-electron chi connectivity index (χ4n) is 1.84. The Morgan fingerprint density at radius 2 is 2.05 bits per heavy atom. The van der Waals surface area contributed by atoms with Crippen LogP contribution < -0.4 is 10.6 Å². The molecule has 0 fully saturated rings. The highest BCUT2D eigenvalue weighted by atomic mass is 32.2. The van der Waals surface area contributed by atoms with Crippen molar-refractivity contribution in [2.24, 2.45) is 0 Å². The maximum Gasteiger partial charge on any atom is 0.319 e. The lowest BCUT2D eigenvalue weighted by Crippen LogP contribution is -2.46. The Labute approximate surface area is 133 Å². The molecule has 7 heteroatoms. The highest BCUT2D eigenvalue weighted by Crippen LogP contribution is 2.29. The van der Waals surface area contributed by atoms with Gasteiger partial charge >= 0.3 is 12.0 Å². The maximum absolute atomic E-state index is 13.9. The summed E-state index contributed by atoms with van der Waals surface area (Å²) in [4.78, 5) is 23.3. The summed E-state index contributed by atoms with van der Waals surface area (Å²) in [6, 6.07) is 4.05. The van der Waals surface area contributed by atoms with E-state index < -0.39 is 23.4 Å². The van der Waals surface area contributed by atoms with E-state index in [1.807, 2.05) is 6.92 Å². The second-order valence-corrected chi connectivity index (χ2v) is 6.71. The van der Waals surface area contributed by atoms with Gasteiger partial charge in [-0.3, -0.25) is 4.79 Å². The van der Waals surface area contributed by atoms with Crippen LogP contribution in [0, 0.1) is 5.82 Å². The third kappa shape index (κ3) is 5.93. The van der Waals surface area contributed by atoms with Crippen molar-refractivity contribution in [3.05, 3.63) is 24.0 Å². The van der Waals surface area contributed by atoms with Crippen LogP contribution in [0.5, 0.6) is 0 Å². The predicted molar refractivity (Wildman–Crippen MR) is 85.9 cm³/mol. The molecular weight excluding hydrogens is 307 g/mol. The normalized spacial score (nSPS) is 11.1. The fraction of sp³-hybridized carbons (Fsp3) is 0.467. The number of rotatable bonds is 7. The van der Waals surface area contributed by atoms with E-state index in [4.69, 9.17) is 5.11 Å². The van der Waals surface area contributed by atoms with Gasteiger partial charge in [0.1, 0.15) is 5.82 Å². The first-order valence-corrected chi connectivity index (χ1v) is 7.96. The monoisotopic (exact) mass is 328 g/mol. The van der Waals surface area contributed by atoms with Gasteiger partial charge in [-0.2, -0.15) is 0 Å². The van der Waals surface area contributed by atoms with Crippen LogP contribution in [0.25, 0.3) is 0 Å². The Morgan fingerprint density at radius 1 is 1.36 bits per heavy atom. The van der Waals surface area contributed by atoms with Crippen LogP contribution in [0.4, 0.5) is 14.9 Å². The molecule has 0 heterocycles. The van der Waals surface area contributed by atoms with Crippen LogP contribution in [0.1, 0.15) is 33.6 Å². The third-order valence-electron chi connectivity index (χ3n) is 2.93. The molecule has 1 aromatic rings. The zero-order valence-electron chi connectivity index (χ0n) is 12.9. The number of hydrogen-bond donors (Lipinski definition) is 3. The lowest BCUT2D eigenvalue weighted by Gasteiger charge is -2.26. The van der Waals surface area contributed by atoms with Gasteiger partial charge in [0.2, 0.25) is 0 Å². The molecule has 5 nitrogen and oxygen atoms in total. The molecule has 3 N–H and O–H groups in total. The van der Waals surface area contributed by atoms with Crippen molar-refractivity contribution in [3.8, 4) is 0 Å². The molecule has 0 radical (unpaired) electrons. The number of carbonyl (C=O) groups excluding carboxylic acids is 1. The first-order chi connectivity index (χ1) is 10.2. The zero-order valence-corrected chi connectivity index (χ0v) is 13.7. The summed E-state index contributed by atoms with van der Waals surface area (Å²) >= 11 is 1.43. The number of anilines is 1. The Bertz CT molecular complexity index is 550. The Hall–Kier alpha value is -1.76. The Kier molecular flexibility index (Phi) is 6.67. The molecular formula is C15H21FN2O3S. The van der Waals surface area contributed by atoms with Gasteiger partial charge < -0.3 is 15.7 Å². The van der Waals surface area contributed by atoms with E-state index in [1.165, 1.54) is 17.8 Å². The largest absolute Gasteiger partial charge is 0.481 e. The van der Waals surface area contributed by atoms with Crippen molar-refractivity contribution in [1.82, 2.24) is 5.32 Å². The minimum Gasteiger partial charge on any atom is -0.481 e. The number of halogens is 1. The number of urea groups is 1. The van der Waals surface area contributed by atoms with Crippen LogP contribution in [-0.2, 0) is 4.79 Å². The molecule has 2 amide bonds. The second-order valence-electron chi connectivity index (χ2n) is 5.40. The molecule has 1 aromatic carbocycles. The van der Waals surface area contributed by atoms with Crippen LogP contribution in [0.3, 0.4) is 0 Å². The quantitative estimate of drug-likeness (QED) is 0.667. The molecule has 0 aromatic heterocycles. The predicted octanol–water partition coefficient (Wildman–Crippen LogP) is 3.70. The van der Waals surface area contributed by atoms with Crippen LogP contribution in [0.15, 0.2) is 23.1 Å².